The summed E-state index contributed by atoms with van der Waals surface area (Å²) in [4.78, 5) is 3.93. The second-order valence-corrected chi connectivity index (χ2v) is 5.84. The first-order valence-electron chi connectivity index (χ1n) is 4.22. The first-order chi connectivity index (χ1) is 7.06. The molecule has 1 N–H and O–H groups in total. The van der Waals surface area contributed by atoms with Crippen LogP contribution in [-0.2, 0) is 10.0 Å². The van der Waals surface area contributed by atoms with Crippen molar-refractivity contribution in [2.45, 2.75) is 11.3 Å². The number of nitrogens with one attached hydrogen (secondary N) is 1. The van der Waals surface area contributed by atoms with E-state index in [2.05, 4.69) is 25.6 Å². The lowest BCUT2D eigenvalue weighted by molar-refractivity contribution is 0.580. The zero-order valence-corrected chi connectivity index (χ0v) is 10.9. The Bertz CT molecular complexity index is 424. The summed E-state index contributed by atoms with van der Waals surface area (Å²) in [6.45, 7) is 0.332. The van der Waals surface area contributed by atoms with Crippen LogP contribution < -0.4 is 4.72 Å². The largest absolute Gasteiger partial charge is 0.262 e. The van der Waals surface area contributed by atoms with E-state index in [1.165, 1.54) is 18.5 Å². The summed E-state index contributed by atoms with van der Waals surface area (Å²) in [7, 11) is -3.46. The number of hydrogen-bond donors (Lipinski definition) is 1. The van der Waals surface area contributed by atoms with Gasteiger partial charge >= 0.3 is 0 Å². The van der Waals surface area contributed by atoms with Crippen LogP contribution in [0, 0.1) is 0 Å². The summed E-state index contributed by atoms with van der Waals surface area (Å²) in [5.74, 6) is 0.430. The van der Waals surface area contributed by atoms with Crippen LogP contribution in [0.15, 0.2) is 27.8 Å². The predicted molar refractivity (Wildman–Crippen MR) is 62.5 cm³/mol. The number of sulfonamides is 1. The lowest BCUT2D eigenvalue weighted by atomic mass is 10.5. The highest BCUT2D eigenvalue weighted by Crippen LogP contribution is 2.13. The van der Waals surface area contributed by atoms with Crippen molar-refractivity contribution in [3.05, 3.63) is 22.9 Å². The molecule has 0 aromatic carbocycles. The number of alkyl halides is 1. The van der Waals surface area contributed by atoms with Gasteiger partial charge in [-0.3, -0.25) is 4.98 Å². The lowest BCUT2D eigenvalue weighted by Crippen LogP contribution is -2.25. The predicted octanol–water partition coefficient (Wildman–Crippen LogP) is 1.75. The van der Waals surface area contributed by atoms with Crippen molar-refractivity contribution in [1.29, 1.82) is 0 Å². The SMILES string of the molecule is O=S(=O)(NCCCCl)c1cncc(Br)c1. The molecule has 0 unspecified atom stereocenters. The second kappa shape index (κ2) is 5.79. The molecule has 0 saturated carbocycles. The summed E-state index contributed by atoms with van der Waals surface area (Å²) >= 11 is 8.61. The average Bonchev–Trinajstić information content (AvgIpc) is 2.18. The van der Waals surface area contributed by atoms with Gasteiger partial charge in [0.1, 0.15) is 4.90 Å². The highest BCUT2D eigenvalue weighted by Gasteiger charge is 2.13. The quantitative estimate of drug-likeness (QED) is 0.665. The zero-order valence-electron chi connectivity index (χ0n) is 7.78. The highest BCUT2D eigenvalue weighted by molar-refractivity contribution is 9.10. The Morgan fingerprint density at radius 2 is 2.20 bits per heavy atom. The van der Waals surface area contributed by atoms with Gasteiger partial charge in [0.15, 0.2) is 0 Å². The molecule has 7 heteroatoms. The van der Waals surface area contributed by atoms with Crippen LogP contribution in [0.4, 0.5) is 0 Å². The van der Waals surface area contributed by atoms with Crippen LogP contribution in [-0.4, -0.2) is 25.8 Å². The number of aromatic nitrogens is 1. The third kappa shape index (κ3) is 4.06. The van der Waals surface area contributed by atoms with E-state index < -0.39 is 10.0 Å². The number of nitrogens with zero attached hydrogens (tertiary/aromatic N) is 1. The molecule has 0 aliphatic rings. The average molecular weight is 314 g/mol. The van der Waals surface area contributed by atoms with E-state index in [1.807, 2.05) is 0 Å². The van der Waals surface area contributed by atoms with Crippen molar-refractivity contribution in [3.63, 3.8) is 0 Å². The summed E-state index contributed by atoms with van der Waals surface area (Å²) in [6.07, 6.45) is 3.42. The molecule has 84 valence electrons. The number of halogens is 2. The molecular weight excluding hydrogens is 304 g/mol. The maximum atomic E-state index is 11.6. The molecule has 0 bridgehead atoms. The first-order valence-corrected chi connectivity index (χ1v) is 7.03. The Kier molecular flexibility index (Phi) is 4.98. The van der Waals surface area contributed by atoms with E-state index in [4.69, 9.17) is 11.6 Å². The summed E-state index contributed by atoms with van der Waals surface area (Å²) in [5.41, 5.74) is 0. The van der Waals surface area contributed by atoms with Gasteiger partial charge in [-0.15, -0.1) is 11.6 Å². The van der Waals surface area contributed by atoms with Crippen molar-refractivity contribution < 1.29 is 8.42 Å². The summed E-state index contributed by atoms with van der Waals surface area (Å²) in [5, 5.41) is 0. The molecule has 0 aliphatic heterocycles. The zero-order chi connectivity index (χ0) is 11.3. The fourth-order valence-electron chi connectivity index (χ4n) is 0.896. The van der Waals surface area contributed by atoms with E-state index in [0.29, 0.717) is 23.3 Å². The normalized spacial score (nSPS) is 11.6. The summed E-state index contributed by atoms with van der Waals surface area (Å²) < 4.78 is 26.3. The standard InChI is InChI=1S/C8H10BrClN2O2S/c9-7-4-8(6-11-5-7)15(13,14)12-3-1-2-10/h4-6,12H,1-3H2. The Hall–Kier alpha value is -0.170. The molecule has 1 rings (SSSR count). The molecule has 0 fully saturated rings. The number of pyridine rings is 1. The van der Waals surface area contributed by atoms with Gasteiger partial charge in [0.2, 0.25) is 10.0 Å². The van der Waals surface area contributed by atoms with E-state index in [0.717, 1.165) is 0 Å². The van der Waals surface area contributed by atoms with Gasteiger partial charge < -0.3 is 0 Å². The molecule has 15 heavy (non-hydrogen) atoms. The smallest absolute Gasteiger partial charge is 0.242 e. The van der Waals surface area contributed by atoms with Gasteiger partial charge in [-0.05, 0) is 28.4 Å². The highest BCUT2D eigenvalue weighted by atomic mass is 79.9. The van der Waals surface area contributed by atoms with Crippen LogP contribution in [0.25, 0.3) is 0 Å². The molecule has 0 amide bonds. The van der Waals surface area contributed by atoms with E-state index in [1.54, 1.807) is 0 Å². The van der Waals surface area contributed by atoms with Crippen molar-refractivity contribution in [2.24, 2.45) is 0 Å². The molecule has 1 aromatic heterocycles. The summed E-state index contributed by atoms with van der Waals surface area (Å²) in [6, 6.07) is 1.50. The first kappa shape index (κ1) is 12.9. The Morgan fingerprint density at radius 1 is 1.47 bits per heavy atom. The number of rotatable bonds is 5. The van der Waals surface area contributed by atoms with Crippen LogP contribution in [0.3, 0.4) is 0 Å². The van der Waals surface area contributed by atoms with Crippen molar-refractivity contribution >= 4 is 37.6 Å². The van der Waals surface area contributed by atoms with Gasteiger partial charge in [0, 0.05) is 29.3 Å². The topological polar surface area (TPSA) is 59.1 Å². The third-order valence-corrected chi connectivity index (χ3v) is 3.72. The van der Waals surface area contributed by atoms with Crippen LogP contribution >= 0.6 is 27.5 Å². The molecule has 4 nitrogen and oxygen atoms in total. The van der Waals surface area contributed by atoms with Crippen molar-refractivity contribution in [1.82, 2.24) is 9.71 Å². The van der Waals surface area contributed by atoms with E-state index in [9.17, 15) is 8.42 Å². The molecule has 0 atom stereocenters. The fourth-order valence-corrected chi connectivity index (χ4v) is 2.61. The number of hydrogen-bond acceptors (Lipinski definition) is 3. The molecular formula is C8H10BrClN2O2S. The lowest BCUT2D eigenvalue weighted by Gasteiger charge is -2.05. The maximum absolute atomic E-state index is 11.6. The van der Waals surface area contributed by atoms with Crippen LogP contribution in [0.1, 0.15) is 6.42 Å². The van der Waals surface area contributed by atoms with Gasteiger partial charge in [0.05, 0.1) is 0 Å². The van der Waals surface area contributed by atoms with Gasteiger partial charge in [-0.2, -0.15) is 0 Å². The third-order valence-electron chi connectivity index (χ3n) is 1.59. The van der Waals surface area contributed by atoms with Crippen LogP contribution in [0.5, 0.6) is 0 Å². The minimum absolute atomic E-state index is 0.145. The molecule has 0 aliphatic carbocycles. The Morgan fingerprint density at radius 3 is 2.80 bits per heavy atom. The van der Waals surface area contributed by atoms with Gasteiger partial charge in [-0.25, -0.2) is 13.1 Å². The molecule has 0 saturated heterocycles. The maximum Gasteiger partial charge on any atom is 0.242 e. The van der Waals surface area contributed by atoms with Gasteiger partial charge in [-0.1, -0.05) is 0 Å². The monoisotopic (exact) mass is 312 g/mol. The second-order valence-electron chi connectivity index (χ2n) is 2.78. The molecule has 1 aromatic rings. The van der Waals surface area contributed by atoms with Gasteiger partial charge in [0.25, 0.3) is 0 Å². The fraction of sp³-hybridized carbons (Fsp3) is 0.375. The van der Waals surface area contributed by atoms with Crippen LogP contribution in [0.2, 0.25) is 0 Å². The Labute approximate surface area is 102 Å². The minimum Gasteiger partial charge on any atom is -0.262 e. The van der Waals surface area contributed by atoms with E-state index in [-0.39, 0.29) is 4.90 Å². The molecule has 1 heterocycles. The van der Waals surface area contributed by atoms with Crippen molar-refractivity contribution in [3.8, 4) is 0 Å². The van der Waals surface area contributed by atoms with Crippen molar-refractivity contribution in [2.75, 3.05) is 12.4 Å². The van der Waals surface area contributed by atoms with E-state index >= 15 is 0 Å². The molecule has 0 radical (unpaired) electrons. The molecule has 0 spiro atoms. The Balaban J connectivity index is 2.77. The minimum atomic E-state index is -3.46.